The fourth-order valence-electron chi connectivity index (χ4n) is 2.82. The Labute approximate surface area is 158 Å². The molecule has 27 heavy (non-hydrogen) atoms. The Morgan fingerprint density at radius 3 is 2.11 bits per heavy atom. The molecule has 1 amide bonds. The van der Waals surface area contributed by atoms with Crippen LogP contribution in [-0.2, 0) is 14.2 Å². The quantitative estimate of drug-likeness (QED) is 0.215. The van der Waals surface area contributed by atoms with Gasteiger partial charge in [-0.25, -0.2) is 0 Å². The molecule has 0 spiro atoms. The lowest BCUT2D eigenvalue weighted by Crippen LogP contribution is -2.64. The number of carbonyl (C=O) groups excluding carboxylic acids is 1. The van der Waals surface area contributed by atoms with Crippen LogP contribution in [0.5, 0.6) is 0 Å². The monoisotopic (exact) mass is 415 g/mol. The first-order valence-electron chi connectivity index (χ1n) is 8.21. The predicted molar refractivity (Wildman–Crippen MR) is 88.4 cm³/mol. The lowest BCUT2D eigenvalue weighted by atomic mass is 9.97. The minimum absolute atomic E-state index is 0.531. The third kappa shape index (κ3) is 4.89. The third-order valence-corrected chi connectivity index (χ3v) is 5.43. The van der Waals surface area contributed by atoms with Gasteiger partial charge in [0.25, 0.3) is 5.24 Å². The lowest BCUT2D eigenvalue weighted by molar-refractivity contribution is -0.338. The number of hydrogen-bond donors (Lipinski definition) is 8. The Morgan fingerprint density at radius 1 is 0.926 bits per heavy atom. The molecule has 2 fully saturated rings. The topological polar surface area (TPSA) is 198 Å². The molecule has 2 saturated heterocycles. The predicted octanol–water partition coefficient (Wildman–Crippen LogP) is -4.32. The summed E-state index contributed by atoms with van der Waals surface area (Å²) in [5.41, 5.74) is -1.19. The number of nitrogens with one attached hydrogen (secondary N) is 1. The third-order valence-electron chi connectivity index (χ3n) is 4.39. The van der Waals surface area contributed by atoms with Gasteiger partial charge in [0, 0.05) is 7.05 Å². The molecule has 0 saturated carbocycles. The van der Waals surface area contributed by atoms with Crippen LogP contribution in [-0.4, -0.2) is 122 Å². The van der Waals surface area contributed by atoms with Crippen LogP contribution < -0.4 is 5.32 Å². The Morgan fingerprint density at radius 2 is 1.56 bits per heavy atom. The number of carbonyl (C=O) groups is 1. The number of aliphatic hydroxyl groups is 7. The van der Waals surface area contributed by atoms with Crippen molar-refractivity contribution in [2.75, 3.05) is 20.3 Å². The summed E-state index contributed by atoms with van der Waals surface area (Å²) in [5.74, 6) is 0. The highest BCUT2D eigenvalue weighted by Gasteiger charge is 2.50. The average Bonchev–Trinajstić information content (AvgIpc) is 2.67. The van der Waals surface area contributed by atoms with Crippen molar-refractivity contribution in [2.24, 2.45) is 0 Å². The largest absolute Gasteiger partial charge is 0.394 e. The van der Waals surface area contributed by atoms with E-state index < -0.39 is 79.0 Å². The van der Waals surface area contributed by atoms with E-state index in [0.29, 0.717) is 11.8 Å². The van der Waals surface area contributed by atoms with Crippen molar-refractivity contribution in [3.8, 4) is 0 Å². The molecule has 2 rings (SSSR count). The average molecular weight is 415 g/mol. The Hall–Kier alpha value is -0.580. The molecule has 2 unspecified atom stereocenters. The lowest BCUT2D eigenvalue weighted by Gasteiger charge is -2.45. The van der Waals surface area contributed by atoms with Gasteiger partial charge >= 0.3 is 0 Å². The maximum Gasteiger partial charge on any atom is 0.281 e. The summed E-state index contributed by atoms with van der Waals surface area (Å²) in [6.07, 6.45) is -13.6. The number of amides is 1. The summed E-state index contributed by atoms with van der Waals surface area (Å²) in [4.78, 5) is 11.5. The molecule has 0 bridgehead atoms. The van der Waals surface area contributed by atoms with E-state index in [0.717, 1.165) is 0 Å². The van der Waals surface area contributed by atoms with Crippen LogP contribution in [0.3, 0.4) is 0 Å². The molecule has 2 aliphatic rings. The minimum Gasteiger partial charge on any atom is -0.394 e. The van der Waals surface area contributed by atoms with Crippen molar-refractivity contribution in [1.82, 2.24) is 5.32 Å². The zero-order valence-corrected chi connectivity index (χ0v) is 15.2. The summed E-state index contributed by atoms with van der Waals surface area (Å²) in [5, 5.41) is 70.6. The number of hydrogen-bond acceptors (Lipinski definition) is 12. The zero-order chi connectivity index (χ0) is 20.3. The van der Waals surface area contributed by atoms with Crippen LogP contribution >= 0.6 is 11.8 Å². The smallest absolute Gasteiger partial charge is 0.281 e. The van der Waals surface area contributed by atoms with E-state index in [2.05, 4.69) is 5.32 Å². The van der Waals surface area contributed by atoms with Gasteiger partial charge in [-0.2, -0.15) is 0 Å². The standard InChI is InChI=1S/C14H25NO11S/c1-15-14(23)27-13-10(22)8(20)11(5(3-17)25-13)26-12-9(21)7(19)6(18)4(2-16)24-12/h4-13,16-22H,2-3H2,1H3,(H,15,23)/t4-,5-,6+,7+,8-,9-,10-,11-,12?,13?/m1/s1. The fourth-order valence-corrected chi connectivity index (χ4v) is 3.64. The second kappa shape index (κ2) is 9.76. The normalized spacial score (nSPS) is 45.5. The molecule has 2 aliphatic heterocycles. The first kappa shape index (κ1) is 22.7. The molecule has 0 aromatic carbocycles. The zero-order valence-electron chi connectivity index (χ0n) is 14.4. The molecular weight excluding hydrogens is 390 g/mol. The van der Waals surface area contributed by atoms with Gasteiger partial charge in [0.1, 0.15) is 54.3 Å². The Balaban J connectivity index is 2.11. The summed E-state index contributed by atoms with van der Waals surface area (Å²) in [6.45, 7) is -1.33. The molecule has 2 heterocycles. The van der Waals surface area contributed by atoms with Crippen molar-refractivity contribution >= 4 is 17.0 Å². The van der Waals surface area contributed by atoms with Crippen molar-refractivity contribution in [1.29, 1.82) is 0 Å². The Bertz CT molecular complexity index is 496. The highest BCUT2D eigenvalue weighted by atomic mass is 32.2. The van der Waals surface area contributed by atoms with Crippen LogP contribution in [0.25, 0.3) is 0 Å². The van der Waals surface area contributed by atoms with E-state index in [1.807, 2.05) is 0 Å². The maximum absolute atomic E-state index is 11.5. The van der Waals surface area contributed by atoms with Gasteiger partial charge in [-0.1, -0.05) is 0 Å². The number of rotatable bonds is 5. The van der Waals surface area contributed by atoms with Crippen LogP contribution in [0.2, 0.25) is 0 Å². The second-order valence-corrected chi connectivity index (χ2v) is 7.23. The molecule has 8 N–H and O–H groups in total. The summed E-state index contributed by atoms with van der Waals surface area (Å²) >= 11 is 0.569. The molecular formula is C14H25NO11S. The van der Waals surface area contributed by atoms with E-state index in [9.17, 15) is 40.5 Å². The van der Waals surface area contributed by atoms with E-state index >= 15 is 0 Å². The second-order valence-electron chi connectivity index (χ2n) is 6.16. The van der Waals surface area contributed by atoms with E-state index in [1.54, 1.807) is 0 Å². The molecule has 0 aromatic rings. The van der Waals surface area contributed by atoms with E-state index in [4.69, 9.17) is 14.2 Å². The highest BCUT2D eigenvalue weighted by molar-refractivity contribution is 8.14. The van der Waals surface area contributed by atoms with Crippen molar-refractivity contribution in [3.63, 3.8) is 0 Å². The highest BCUT2D eigenvalue weighted by Crippen LogP contribution is 2.32. The van der Waals surface area contributed by atoms with Gasteiger partial charge in [-0.05, 0) is 11.8 Å². The van der Waals surface area contributed by atoms with Gasteiger partial charge in [0.05, 0.1) is 13.2 Å². The number of ether oxygens (including phenoxy) is 3. The summed E-state index contributed by atoms with van der Waals surface area (Å²) in [6, 6.07) is 0. The van der Waals surface area contributed by atoms with Gasteiger partial charge in [-0.15, -0.1) is 0 Å². The van der Waals surface area contributed by atoms with Gasteiger partial charge < -0.3 is 55.3 Å². The Kier molecular flexibility index (Phi) is 8.20. The SMILES string of the molecule is CNC(=O)SC1O[C@H](CO)[C@@H](OC2O[C@H](CO)[C@H](O)[C@H](O)[C@H]2O)[C@H](O)[C@H]1O. The van der Waals surface area contributed by atoms with Crippen LogP contribution in [0.4, 0.5) is 4.79 Å². The van der Waals surface area contributed by atoms with Gasteiger partial charge in [-0.3, -0.25) is 4.79 Å². The van der Waals surface area contributed by atoms with Crippen molar-refractivity contribution in [2.45, 2.75) is 60.6 Å². The van der Waals surface area contributed by atoms with Crippen LogP contribution in [0, 0.1) is 0 Å². The van der Waals surface area contributed by atoms with Gasteiger partial charge in [0.2, 0.25) is 0 Å². The molecule has 158 valence electrons. The molecule has 13 heteroatoms. The van der Waals surface area contributed by atoms with Crippen LogP contribution in [0.15, 0.2) is 0 Å². The maximum atomic E-state index is 11.5. The van der Waals surface area contributed by atoms with Crippen molar-refractivity contribution in [3.05, 3.63) is 0 Å². The molecule has 0 aliphatic carbocycles. The molecule has 12 nitrogen and oxygen atoms in total. The van der Waals surface area contributed by atoms with Gasteiger partial charge in [0.15, 0.2) is 6.29 Å². The molecule has 0 aromatic heterocycles. The first-order valence-corrected chi connectivity index (χ1v) is 9.09. The summed E-state index contributed by atoms with van der Waals surface area (Å²) < 4.78 is 16.0. The van der Waals surface area contributed by atoms with E-state index in [-0.39, 0.29) is 0 Å². The fraction of sp³-hybridized carbons (Fsp3) is 0.929. The van der Waals surface area contributed by atoms with Crippen LogP contribution in [0.1, 0.15) is 0 Å². The first-order chi connectivity index (χ1) is 12.7. The molecule has 0 radical (unpaired) electrons. The number of aliphatic hydroxyl groups excluding tert-OH is 7. The number of thioether (sulfide) groups is 1. The summed E-state index contributed by atoms with van der Waals surface area (Å²) in [7, 11) is 1.37. The van der Waals surface area contributed by atoms with Crippen molar-refractivity contribution < 1.29 is 54.8 Å². The van der Waals surface area contributed by atoms with E-state index in [1.165, 1.54) is 7.05 Å². The minimum atomic E-state index is -1.73. The molecule has 10 atom stereocenters.